The summed E-state index contributed by atoms with van der Waals surface area (Å²) in [7, 11) is 1.50. The maximum Gasteiger partial charge on any atom is 0.321 e. The Balaban J connectivity index is 1.80. The van der Waals surface area contributed by atoms with Gasteiger partial charge in [-0.15, -0.1) is 0 Å². The van der Waals surface area contributed by atoms with E-state index in [1.165, 1.54) is 13.2 Å². The summed E-state index contributed by atoms with van der Waals surface area (Å²) in [5, 5.41) is 8.97. The lowest BCUT2D eigenvalue weighted by Crippen LogP contribution is -2.72. The first kappa shape index (κ1) is 12.4. The normalized spacial score (nSPS) is 33.0. The highest BCUT2D eigenvalue weighted by atomic mass is 19.1. The molecule has 3 N–H and O–H groups in total. The molecular weight excluding hydrogens is 249 g/mol. The minimum Gasteiger partial charge on any atom is -0.497 e. The summed E-state index contributed by atoms with van der Waals surface area (Å²) in [5.74, 6) is -0.759. The molecule has 102 valence electrons. The van der Waals surface area contributed by atoms with Gasteiger partial charge in [0, 0.05) is 11.5 Å². The van der Waals surface area contributed by atoms with E-state index in [9.17, 15) is 9.18 Å². The summed E-state index contributed by atoms with van der Waals surface area (Å²) in [5.41, 5.74) is 5.84. The number of hydrogen-bond donors (Lipinski definition) is 2. The smallest absolute Gasteiger partial charge is 0.321 e. The number of rotatable bonds is 4. The van der Waals surface area contributed by atoms with Crippen molar-refractivity contribution in [1.82, 2.24) is 0 Å². The molecule has 19 heavy (non-hydrogen) atoms. The van der Waals surface area contributed by atoms with Crippen molar-refractivity contribution in [1.29, 1.82) is 0 Å². The van der Waals surface area contributed by atoms with Crippen LogP contribution in [-0.4, -0.2) is 24.2 Å². The lowest BCUT2D eigenvalue weighted by molar-refractivity contribution is -0.179. The minimum atomic E-state index is -0.969. The first-order chi connectivity index (χ1) is 8.92. The van der Waals surface area contributed by atoms with Gasteiger partial charge in [0.1, 0.15) is 17.6 Å². The Morgan fingerprint density at radius 1 is 1.47 bits per heavy atom. The second kappa shape index (κ2) is 3.70. The van der Waals surface area contributed by atoms with Gasteiger partial charge in [0.2, 0.25) is 0 Å². The SMILES string of the molecule is COc1ccc(C23CC(C(N)C(=O)O)(C2)C3)c(F)c1. The molecule has 3 aliphatic carbocycles. The first-order valence-corrected chi connectivity index (χ1v) is 6.25. The Kier molecular flexibility index (Phi) is 2.41. The minimum absolute atomic E-state index is 0.205. The molecule has 1 aromatic carbocycles. The molecule has 1 aromatic rings. The van der Waals surface area contributed by atoms with Gasteiger partial charge >= 0.3 is 5.97 Å². The van der Waals surface area contributed by atoms with E-state index in [0.717, 1.165) is 0 Å². The predicted octanol–water partition coefficient (Wildman–Crippen LogP) is 1.67. The van der Waals surface area contributed by atoms with Crippen LogP contribution in [0.15, 0.2) is 18.2 Å². The van der Waals surface area contributed by atoms with Gasteiger partial charge in [-0.05, 0) is 36.3 Å². The fourth-order valence-electron chi connectivity index (χ4n) is 3.80. The average Bonchev–Trinajstić information content (AvgIpc) is 2.27. The quantitative estimate of drug-likeness (QED) is 0.868. The molecular formula is C14H16FNO3. The fourth-order valence-corrected chi connectivity index (χ4v) is 3.80. The number of carboxylic acids is 1. The van der Waals surface area contributed by atoms with Crippen molar-refractivity contribution in [2.75, 3.05) is 7.11 Å². The summed E-state index contributed by atoms with van der Waals surface area (Å²) in [6, 6.07) is 4.02. The molecule has 0 aromatic heterocycles. The molecule has 0 radical (unpaired) electrons. The highest BCUT2D eigenvalue weighted by molar-refractivity contribution is 5.76. The molecule has 3 saturated carbocycles. The highest BCUT2D eigenvalue weighted by Crippen LogP contribution is 2.74. The monoisotopic (exact) mass is 265 g/mol. The topological polar surface area (TPSA) is 72.5 Å². The second-order valence-electron chi connectivity index (χ2n) is 5.83. The van der Waals surface area contributed by atoms with Crippen molar-refractivity contribution < 1.29 is 19.0 Å². The molecule has 3 aliphatic rings. The molecule has 4 rings (SSSR count). The van der Waals surface area contributed by atoms with E-state index >= 15 is 0 Å². The molecule has 0 saturated heterocycles. The molecule has 1 unspecified atom stereocenters. The maximum atomic E-state index is 14.0. The highest BCUT2D eigenvalue weighted by Gasteiger charge is 2.72. The van der Waals surface area contributed by atoms with Crippen LogP contribution in [0.3, 0.4) is 0 Å². The summed E-state index contributed by atoms with van der Waals surface area (Å²) in [6.07, 6.45) is 1.99. The van der Waals surface area contributed by atoms with Gasteiger partial charge in [-0.25, -0.2) is 4.39 Å². The number of halogens is 1. The number of ether oxygens (including phenoxy) is 1. The second-order valence-corrected chi connectivity index (χ2v) is 5.83. The van der Waals surface area contributed by atoms with Gasteiger partial charge in [-0.2, -0.15) is 0 Å². The third-order valence-electron chi connectivity index (χ3n) is 4.74. The average molecular weight is 265 g/mol. The standard InChI is InChI=1S/C14H16FNO3/c1-19-8-2-3-9(10(15)4-8)13-5-14(6-13,7-13)11(16)12(17)18/h2-4,11H,5-7,16H2,1H3,(H,17,18). The zero-order valence-corrected chi connectivity index (χ0v) is 10.6. The van der Waals surface area contributed by atoms with Crippen LogP contribution in [-0.2, 0) is 10.2 Å². The number of benzene rings is 1. The van der Waals surface area contributed by atoms with Crippen LogP contribution >= 0.6 is 0 Å². The third kappa shape index (κ3) is 1.51. The molecule has 0 heterocycles. The number of methoxy groups -OCH3 is 1. The molecule has 2 bridgehead atoms. The van der Waals surface area contributed by atoms with E-state index in [1.54, 1.807) is 12.1 Å². The van der Waals surface area contributed by atoms with Crippen LogP contribution < -0.4 is 10.5 Å². The summed E-state index contributed by atoms with van der Waals surface area (Å²) < 4.78 is 19.0. The largest absolute Gasteiger partial charge is 0.497 e. The van der Waals surface area contributed by atoms with Crippen LogP contribution in [0, 0.1) is 11.2 Å². The fraction of sp³-hybridized carbons (Fsp3) is 0.500. The van der Waals surface area contributed by atoms with Gasteiger partial charge in [0.25, 0.3) is 0 Å². The van der Waals surface area contributed by atoms with Crippen molar-refractivity contribution >= 4 is 5.97 Å². The van der Waals surface area contributed by atoms with Crippen molar-refractivity contribution in [2.45, 2.75) is 30.7 Å². The number of aliphatic carboxylic acids is 1. The Morgan fingerprint density at radius 3 is 2.58 bits per heavy atom. The van der Waals surface area contributed by atoms with Crippen molar-refractivity contribution in [2.24, 2.45) is 11.1 Å². The van der Waals surface area contributed by atoms with Crippen LogP contribution in [0.1, 0.15) is 24.8 Å². The van der Waals surface area contributed by atoms with Crippen molar-refractivity contribution in [3.63, 3.8) is 0 Å². The Labute approximate surface area is 110 Å². The van der Waals surface area contributed by atoms with Crippen LogP contribution in [0.5, 0.6) is 5.75 Å². The number of carbonyl (C=O) groups is 1. The lowest BCUT2D eigenvalue weighted by atomic mass is 9.31. The van der Waals surface area contributed by atoms with E-state index in [2.05, 4.69) is 0 Å². The van der Waals surface area contributed by atoms with E-state index in [1.807, 2.05) is 0 Å². The molecule has 0 spiro atoms. The molecule has 0 aliphatic heterocycles. The predicted molar refractivity (Wildman–Crippen MR) is 66.5 cm³/mol. The number of hydrogen-bond acceptors (Lipinski definition) is 3. The van der Waals surface area contributed by atoms with E-state index in [0.29, 0.717) is 30.6 Å². The Bertz CT molecular complexity index is 538. The van der Waals surface area contributed by atoms with Gasteiger partial charge in [-0.3, -0.25) is 4.79 Å². The molecule has 5 heteroatoms. The summed E-state index contributed by atoms with van der Waals surface area (Å²) in [6.45, 7) is 0. The van der Waals surface area contributed by atoms with Crippen LogP contribution in [0.25, 0.3) is 0 Å². The molecule has 4 nitrogen and oxygen atoms in total. The summed E-state index contributed by atoms with van der Waals surface area (Å²) >= 11 is 0. The first-order valence-electron chi connectivity index (χ1n) is 6.25. The molecule has 0 amide bonds. The number of carboxylic acid groups (broad SMARTS) is 1. The van der Waals surface area contributed by atoms with E-state index in [4.69, 9.17) is 15.6 Å². The Hall–Kier alpha value is -1.62. The lowest BCUT2D eigenvalue weighted by Gasteiger charge is -2.72. The Morgan fingerprint density at radius 2 is 2.11 bits per heavy atom. The van der Waals surface area contributed by atoms with Crippen LogP contribution in [0.2, 0.25) is 0 Å². The van der Waals surface area contributed by atoms with E-state index in [-0.39, 0.29) is 16.6 Å². The van der Waals surface area contributed by atoms with Gasteiger partial charge < -0.3 is 15.6 Å². The van der Waals surface area contributed by atoms with E-state index < -0.39 is 12.0 Å². The van der Waals surface area contributed by atoms with Gasteiger partial charge in [-0.1, -0.05) is 6.07 Å². The van der Waals surface area contributed by atoms with Crippen molar-refractivity contribution in [3.05, 3.63) is 29.6 Å². The zero-order chi connectivity index (χ0) is 13.8. The van der Waals surface area contributed by atoms with Crippen molar-refractivity contribution in [3.8, 4) is 5.75 Å². The third-order valence-corrected chi connectivity index (χ3v) is 4.74. The molecule has 3 fully saturated rings. The van der Waals surface area contributed by atoms with Crippen LogP contribution in [0.4, 0.5) is 4.39 Å². The molecule has 1 atom stereocenters. The summed E-state index contributed by atoms with van der Waals surface area (Å²) in [4.78, 5) is 10.9. The zero-order valence-electron chi connectivity index (χ0n) is 10.6. The van der Waals surface area contributed by atoms with Gasteiger partial charge in [0.15, 0.2) is 0 Å². The maximum absolute atomic E-state index is 14.0. The number of nitrogens with two attached hydrogens (primary N) is 1. The van der Waals surface area contributed by atoms with Gasteiger partial charge in [0.05, 0.1) is 7.11 Å².